The zero-order chi connectivity index (χ0) is 9.26. The Hall–Kier alpha value is -0.0400. The lowest BCUT2D eigenvalue weighted by molar-refractivity contribution is 0.323. The first-order valence-electron chi connectivity index (χ1n) is 6.03. The second-order valence-corrected chi connectivity index (χ2v) is 5.26. The SMILES string of the molecule is CC1CCCC1C(N)CCC1CC1. The second-order valence-electron chi connectivity index (χ2n) is 5.26. The molecule has 0 saturated heterocycles. The molecular weight excluding hydrogens is 158 g/mol. The van der Waals surface area contributed by atoms with Crippen molar-refractivity contribution in [3.05, 3.63) is 0 Å². The van der Waals surface area contributed by atoms with Gasteiger partial charge in [-0.25, -0.2) is 0 Å². The highest BCUT2D eigenvalue weighted by Crippen LogP contribution is 2.38. The summed E-state index contributed by atoms with van der Waals surface area (Å²) in [6.07, 6.45) is 9.89. The van der Waals surface area contributed by atoms with Crippen LogP contribution in [0, 0.1) is 17.8 Å². The fourth-order valence-corrected chi connectivity index (χ4v) is 2.86. The summed E-state index contributed by atoms with van der Waals surface area (Å²) in [6.45, 7) is 2.38. The maximum atomic E-state index is 6.25. The van der Waals surface area contributed by atoms with Gasteiger partial charge >= 0.3 is 0 Å². The van der Waals surface area contributed by atoms with Crippen LogP contribution in [0.5, 0.6) is 0 Å². The Morgan fingerprint density at radius 2 is 2.00 bits per heavy atom. The molecule has 3 atom stereocenters. The molecule has 0 aromatic rings. The van der Waals surface area contributed by atoms with Gasteiger partial charge in [-0.15, -0.1) is 0 Å². The summed E-state index contributed by atoms with van der Waals surface area (Å²) in [5.41, 5.74) is 6.25. The van der Waals surface area contributed by atoms with E-state index in [1.54, 1.807) is 0 Å². The van der Waals surface area contributed by atoms with Crippen molar-refractivity contribution in [3.63, 3.8) is 0 Å². The molecule has 0 radical (unpaired) electrons. The number of hydrogen-bond acceptors (Lipinski definition) is 1. The van der Waals surface area contributed by atoms with Crippen LogP contribution in [0.4, 0.5) is 0 Å². The quantitative estimate of drug-likeness (QED) is 0.709. The largest absolute Gasteiger partial charge is 0.327 e. The van der Waals surface area contributed by atoms with Crippen LogP contribution in [0.3, 0.4) is 0 Å². The lowest BCUT2D eigenvalue weighted by Gasteiger charge is -2.23. The summed E-state index contributed by atoms with van der Waals surface area (Å²) >= 11 is 0. The summed E-state index contributed by atoms with van der Waals surface area (Å²) in [6, 6.07) is 0.512. The summed E-state index contributed by atoms with van der Waals surface area (Å²) in [5.74, 6) is 2.80. The van der Waals surface area contributed by atoms with Crippen LogP contribution in [0.2, 0.25) is 0 Å². The van der Waals surface area contributed by atoms with Gasteiger partial charge in [0.1, 0.15) is 0 Å². The van der Waals surface area contributed by atoms with Crippen LogP contribution in [0.15, 0.2) is 0 Å². The van der Waals surface area contributed by atoms with E-state index in [2.05, 4.69) is 6.92 Å². The van der Waals surface area contributed by atoms with Crippen LogP contribution >= 0.6 is 0 Å². The molecule has 0 aromatic heterocycles. The third-order valence-corrected chi connectivity index (χ3v) is 4.08. The average Bonchev–Trinajstić information content (AvgIpc) is 2.84. The first-order chi connectivity index (χ1) is 6.27. The van der Waals surface area contributed by atoms with E-state index in [9.17, 15) is 0 Å². The van der Waals surface area contributed by atoms with Crippen LogP contribution < -0.4 is 5.73 Å². The second kappa shape index (κ2) is 4.00. The predicted molar refractivity (Wildman–Crippen MR) is 56.4 cm³/mol. The Bertz CT molecular complexity index is 163. The van der Waals surface area contributed by atoms with Crippen molar-refractivity contribution in [1.82, 2.24) is 0 Å². The number of rotatable bonds is 4. The number of hydrogen-bond donors (Lipinski definition) is 1. The van der Waals surface area contributed by atoms with E-state index in [-0.39, 0.29) is 0 Å². The fraction of sp³-hybridized carbons (Fsp3) is 1.00. The fourth-order valence-electron chi connectivity index (χ4n) is 2.86. The molecule has 2 aliphatic rings. The molecule has 76 valence electrons. The van der Waals surface area contributed by atoms with Gasteiger partial charge in [0.15, 0.2) is 0 Å². The molecule has 0 aromatic carbocycles. The van der Waals surface area contributed by atoms with Crippen molar-refractivity contribution in [2.24, 2.45) is 23.5 Å². The van der Waals surface area contributed by atoms with Gasteiger partial charge in [0, 0.05) is 6.04 Å². The van der Waals surface area contributed by atoms with Gasteiger partial charge in [-0.2, -0.15) is 0 Å². The molecule has 13 heavy (non-hydrogen) atoms. The molecule has 0 amide bonds. The molecule has 3 unspecified atom stereocenters. The molecule has 0 bridgehead atoms. The summed E-state index contributed by atoms with van der Waals surface area (Å²) < 4.78 is 0. The monoisotopic (exact) mass is 181 g/mol. The van der Waals surface area contributed by atoms with Crippen molar-refractivity contribution in [2.75, 3.05) is 0 Å². The van der Waals surface area contributed by atoms with Gasteiger partial charge in [0.25, 0.3) is 0 Å². The van der Waals surface area contributed by atoms with Crippen LogP contribution in [-0.2, 0) is 0 Å². The molecule has 2 N–H and O–H groups in total. The maximum absolute atomic E-state index is 6.25. The van der Waals surface area contributed by atoms with Crippen molar-refractivity contribution in [2.45, 2.75) is 57.9 Å². The van der Waals surface area contributed by atoms with Crippen molar-refractivity contribution < 1.29 is 0 Å². The molecule has 0 spiro atoms. The minimum Gasteiger partial charge on any atom is -0.327 e. The van der Waals surface area contributed by atoms with Crippen LogP contribution in [0.25, 0.3) is 0 Å². The number of nitrogens with two attached hydrogens (primary N) is 1. The molecule has 2 saturated carbocycles. The van der Waals surface area contributed by atoms with E-state index >= 15 is 0 Å². The Balaban J connectivity index is 1.71. The third-order valence-electron chi connectivity index (χ3n) is 4.08. The van der Waals surface area contributed by atoms with Crippen molar-refractivity contribution in [1.29, 1.82) is 0 Å². The smallest absolute Gasteiger partial charge is 0.00698 e. The van der Waals surface area contributed by atoms with Gasteiger partial charge < -0.3 is 5.73 Å². The van der Waals surface area contributed by atoms with E-state index < -0.39 is 0 Å². The predicted octanol–water partition coefficient (Wildman–Crippen LogP) is 2.94. The van der Waals surface area contributed by atoms with Gasteiger partial charge in [-0.05, 0) is 37.0 Å². The van der Waals surface area contributed by atoms with Gasteiger partial charge in [0.2, 0.25) is 0 Å². The minimum absolute atomic E-state index is 0.512. The van der Waals surface area contributed by atoms with Gasteiger partial charge in [0.05, 0.1) is 0 Å². The van der Waals surface area contributed by atoms with Crippen molar-refractivity contribution in [3.8, 4) is 0 Å². The highest BCUT2D eigenvalue weighted by Gasteiger charge is 2.30. The Morgan fingerprint density at radius 3 is 2.54 bits per heavy atom. The normalized spacial score (nSPS) is 36.5. The van der Waals surface area contributed by atoms with Crippen LogP contribution in [-0.4, -0.2) is 6.04 Å². The zero-order valence-electron chi connectivity index (χ0n) is 8.84. The van der Waals surface area contributed by atoms with E-state index in [4.69, 9.17) is 5.73 Å². The topological polar surface area (TPSA) is 26.0 Å². The standard InChI is InChI=1S/C12H23N/c1-9-3-2-4-11(9)12(13)8-7-10-5-6-10/h9-12H,2-8,13H2,1H3. The molecule has 2 rings (SSSR count). The molecule has 0 heterocycles. The van der Waals surface area contributed by atoms with E-state index in [1.165, 1.54) is 44.9 Å². The molecule has 2 fully saturated rings. The minimum atomic E-state index is 0.512. The summed E-state index contributed by atoms with van der Waals surface area (Å²) in [5, 5.41) is 0. The first kappa shape index (κ1) is 9.51. The molecule has 0 aliphatic heterocycles. The first-order valence-corrected chi connectivity index (χ1v) is 6.03. The summed E-state index contributed by atoms with van der Waals surface area (Å²) in [4.78, 5) is 0. The van der Waals surface area contributed by atoms with Gasteiger partial charge in [-0.3, -0.25) is 0 Å². The van der Waals surface area contributed by atoms with E-state index in [0.29, 0.717) is 6.04 Å². The molecule has 1 heteroatoms. The molecular formula is C12H23N. The lowest BCUT2D eigenvalue weighted by Crippen LogP contribution is -2.31. The Labute approximate surface area is 82.1 Å². The Kier molecular flexibility index (Phi) is 2.92. The van der Waals surface area contributed by atoms with E-state index in [0.717, 1.165) is 17.8 Å². The average molecular weight is 181 g/mol. The van der Waals surface area contributed by atoms with Gasteiger partial charge in [-0.1, -0.05) is 32.6 Å². The molecule has 2 aliphatic carbocycles. The van der Waals surface area contributed by atoms with Crippen LogP contribution in [0.1, 0.15) is 51.9 Å². The third kappa shape index (κ3) is 2.46. The van der Waals surface area contributed by atoms with E-state index in [1.807, 2.05) is 0 Å². The molecule has 1 nitrogen and oxygen atoms in total. The zero-order valence-corrected chi connectivity index (χ0v) is 8.84. The van der Waals surface area contributed by atoms with Crippen molar-refractivity contribution >= 4 is 0 Å². The highest BCUT2D eigenvalue weighted by atomic mass is 14.7. The maximum Gasteiger partial charge on any atom is 0.00698 e. The highest BCUT2D eigenvalue weighted by molar-refractivity contribution is 4.84. The summed E-state index contributed by atoms with van der Waals surface area (Å²) in [7, 11) is 0. The Morgan fingerprint density at radius 1 is 1.23 bits per heavy atom. The lowest BCUT2D eigenvalue weighted by atomic mass is 9.88.